The molecule has 0 atom stereocenters. The summed E-state index contributed by atoms with van der Waals surface area (Å²) in [6, 6.07) is 5.77. The lowest BCUT2D eigenvalue weighted by molar-refractivity contribution is 0.343. The van der Waals surface area contributed by atoms with Crippen molar-refractivity contribution in [3.05, 3.63) is 41.5 Å². The molecule has 0 aromatic carbocycles. The van der Waals surface area contributed by atoms with Crippen LogP contribution in [0.15, 0.2) is 36.7 Å². The maximum Gasteiger partial charge on any atom is 0.169 e. The Morgan fingerprint density at radius 1 is 1.27 bits per heavy atom. The van der Waals surface area contributed by atoms with Gasteiger partial charge < -0.3 is 5.11 Å². The number of thiophene rings is 1. The first-order chi connectivity index (χ1) is 7.40. The lowest BCUT2D eigenvalue weighted by atomic mass is 10.4. The summed E-state index contributed by atoms with van der Waals surface area (Å²) in [7, 11) is 0. The van der Waals surface area contributed by atoms with Crippen molar-refractivity contribution in [3.63, 3.8) is 0 Å². The first-order valence-corrected chi connectivity index (χ1v) is 5.36. The molecular formula is C11H10N2OS. The SMILES string of the molecule is OC/C=C/c1ccc(-c2ncccn2)s1. The highest BCUT2D eigenvalue weighted by atomic mass is 32.1. The van der Waals surface area contributed by atoms with Crippen LogP contribution in [0, 0.1) is 0 Å². The average Bonchev–Trinajstić information content (AvgIpc) is 2.76. The third kappa shape index (κ3) is 2.49. The largest absolute Gasteiger partial charge is 0.392 e. The first-order valence-electron chi connectivity index (χ1n) is 4.55. The van der Waals surface area contributed by atoms with Crippen LogP contribution in [0.2, 0.25) is 0 Å². The van der Waals surface area contributed by atoms with E-state index in [1.807, 2.05) is 18.2 Å². The van der Waals surface area contributed by atoms with Gasteiger partial charge in [0.15, 0.2) is 5.82 Å². The number of aliphatic hydroxyl groups is 1. The molecule has 0 fully saturated rings. The number of rotatable bonds is 3. The molecule has 76 valence electrons. The Hall–Kier alpha value is -1.52. The van der Waals surface area contributed by atoms with Crippen molar-refractivity contribution in [2.45, 2.75) is 0 Å². The number of hydrogen-bond donors (Lipinski definition) is 1. The Morgan fingerprint density at radius 3 is 2.80 bits per heavy atom. The van der Waals surface area contributed by atoms with Gasteiger partial charge in [-0.3, -0.25) is 0 Å². The highest BCUT2D eigenvalue weighted by Gasteiger charge is 2.02. The minimum atomic E-state index is 0.0646. The van der Waals surface area contributed by atoms with E-state index in [0.29, 0.717) is 0 Å². The summed E-state index contributed by atoms with van der Waals surface area (Å²) in [4.78, 5) is 10.5. The molecule has 1 N–H and O–H groups in total. The van der Waals surface area contributed by atoms with Crippen LogP contribution in [-0.2, 0) is 0 Å². The lowest BCUT2D eigenvalue weighted by Gasteiger charge is -1.91. The van der Waals surface area contributed by atoms with Crippen molar-refractivity contribution in [1.82, 2.24) is 9.97 Å². The molecule has 0 aliphatic carbocycles. The van der Waals surface area contributed by atoms with Gasteiger partial charge in [-0.2, -0.15) is 0 Å². The second kappa shape index (κ2) is 4.82. The summed E-state index contributed by atoms with van der Waals surface area (Å²) in [5, 5.41) is 8.64. The lowest BCUT2D eigenvalue weighted by Crippen LogP contribution is -1.81. The van der Waals surface area contributed by atoms with Crippen molar-refractivity contribution in [2.75, 3.05) is 6.61 Å². The minimum Gasteiger partial charge on any atom is -0.392 e. The monoisotopic (exact) mass is 218 g/mol. The van der Waals surface area contributed by atoms with Crippen LogP contribution >= 0.6 is 11.3 Å². The highest BCUT2D eigenvalue weighted by molar-refractivity contribution is 7.16. The molecule has 0 unspecified atom stereocenters. The summed E-state index contributed by atoms with van der Waals surface area (Å²) in [5.41, 5.74) is 0. The molecular weight excluding hydrogens is 208 g/mol. The van der Waals surface area contributed by atoms with Crippen molar-refractivity contribution in [1.29, 1.82) is 0 Å². The summed E-state index contributed by atoms with van der Waals surface area (Å²) in [5.74, 6) is 0.742. The third-order valence-electron chi connectivity index (χ3n) is 1.80. The van der Waals surface area contributed by atoms with Gasteiger partial charge in [0.1, 0.15) is 0 Å². The molecule has 0 saturated carbocycles. The molecule has 0 aliphatic heterocycles. The summed E-state index contributed by atoms with van der Waals surface area (Å²) < 4.78 is 0. The summed E-state index contributed by atoms with van der Waals surface area (Å²) in [6.45, 7) is 0.0646. The number of aliphatic hydroxyl groups excluding tert-OH is 1. The summed E-state index contributed by atoms with van der Waals surface area (Å²) >= 11 is 1.60. The molecule has 0 aliphatic rings. The van der Waals surface area contributed by atoms with Crippen molar-refractivity contribution >= 4 is 17.4 Å². The van der Waals surface area contributed by atoms with Gasteiger partial charge in [-0.05, 0) is 24.3 Å². The second-order valence-corrected chi connectivity index (χ2v) is 3.97. The fourth-order valence-electron chi connectivity index (χ4n) is 1.16. The van der Waals surface area contributed by atoms with Gasteiger partial charge >= 0.3 is 0 Å². The maximum absolute atomic E-state index is 8.64. The quantitative estimate of drug-likeness (QED) is 0.859. The van der Waals surface area contributed by atoms with E-state index in [1.165, 1.54) is 0 Å². The van der Waals surface area contributed by atoms with Gasteiger partial charge in [0.25, 0.3) is 0 Å². The van der Waals surface area contributed by atoms with E-state index in [-0.39, 0.29) is 6.61 Å². The topological polar surface area (TPSA) is 46.0 Å². The predicted molar refractivity (Wildman–Crippen MR) is 61.5 cm³/mol. The smallest absolute Gasteiger partial charge is 0.169 e. The van der Waals surface area contributed by atoms with Crippen LogP contribution in [0.3, 0.4) is 0 Å². The van der Waals surface area contributed by atoms with Crippen LogP contribution < -0.4 is 0 Å². The van der Waals surface area contributed by atoms with Gasteiger partial charge in [0.05, 0.1) is 11.5 Å². The number of hydrogen-bond acceptors (Lipinski definition) is 4. The van der Waals surface area contributed by atoms with E-state index in [2.05, 4.69) is 9.97 Å². The zero-order valence-corrected chi connectivity index (χ0v) is 8.81. The standard InChI is InChI=1S/C11H10N2OS/c14-8-1-3-9-4-5-10(15-9)11-12-6-2-7-13-11/h1-7,14H,8H2/b3-1+. The van der Waals surface area contributed by atoms with Gasteiger partial charge in [0, 0.05) is 17.3 Å². The fraction of sp³-hybridized carbons (Fsp3) is 0.0909. The van der Waals surface area contributed by atoms with Crippen LogP contribution in [0.25, 0.3) is 16.8 Å². The molecule has 0 bridgehead atoms. The van der Waals surface area contributed by atoms with Crippen LogP contribution in [0.5, 0.6) is 0 Å². The normalized spacial score (nSPS) is 11.0. The zero-order valence-electron chi connectivity index (χ0n) is 8.00. The maximum atomic E-state index is 8.64. The molecule has 2 aromatic rings. The van der Waals surface area contributed by atoms with Crippen molar-refractivity contribution in [2.24, 2.45) is 0 Å². The molecule has 0 saturated heterocycles. The van der Waals surface area contributed by atoms with E-state index in [9.17, 15) is 0 Å². The molecule has 2 rings (SSSR count). The Labute approximate surface area is 91.8 Å². The predicted octanol–water partition coefficient (Wildman–Crippen LogP) is 2.21. The minimum absolute atomic E-state index is 0.0646. The first kappa shape index (κ1) is 10.0. The van der Waals surface area contributed by atoms with Gasteiger partial charge in [-0.25, -0.2) is 9.97 Å². The second-order valence-electron chi connectivity index (χ2n) is 2.86. The molecule has 2 heterocycles. The molecule has 15 heavy (non-hydrogen) atoms. The van der Waals surface area contributed by atoms with Crippen LogP contribution in [0.4, 0.5) is 0 Å². The molecule has 0 radical (unpaired) electrons. The fourth-order valence-corrected chi connectivity index (χ4v) is 2.04. The van der Waals surface area contributed by atoms with Crippen LogP contribution in [0.1, 0.15) is 4.88 Å². The highest BCUT2D eigenvalue weighted by Crippen LogP contribution is 2.25. The van der Waals surface area contributed by atoms with E-state index < -0.39 is 0 Å². The van der Waals surface area contributed by atoms with E-state index >= 15 is 0 Å². The molecule has 2 aromatic heterocycles. The van der Waals surface area contributed by atoms with E-state index in [1.54, 1.807) is 35.9 Å². The molecule has 3 nitrogen and oxygen atoms in total. The van der Waals surface area contributed by atoms with E-state index in [4.69, 9.17) is 5.11 Å². The van der Waals surface area contributed by atoms with Crippen molar-refractivity contribution in [3.8, 4) is 10.7 Å². The molecule has 0 spiro atoms. The van der Waals surface area contributed by atoms with Crippen molar-refractivity contribution < 1.29 is 5.11 Å². The van der Waals surface area contributed by atoms with Gasteiger partial charge in [-0.1, -0.05) is 6.08 Å². The van der Waals surface area contributed by atoms with Gasteiger partial charge in [0.2, 0.25) is 0 Å². The third-order valence-corrected chi connectivity index (χ3v) is 2.85. The van der Waals surface area contributed by atoms with Gasteiger partial charge in [-0.15, -0.1) is 11.3 Å². The summed E-state index contributed by atoms with van der Waals surface area (Å²) in [6.07, 6.45) is 7.05. The Bertz CT molecular complexity index is 451. The number of nitrogens with zero attached hydrogens (tertiary/aromatic N) is 2. The average molecular weight is 218 g/mol. The Balaban J connectivity index is 2.24. The molecule has 0 amide bonds. The zero-order chi connectivity index (χ0) is 10.5. The number of aromatic nitrogens is 2. The Kier molecular flexibility index (Phi) is 3.22. The Morgan fingerprint density at radius 2 is 2.07 bits per heavy atom. The van der Waals surface area contributed by atoms with Crippen LogP contribution in [-0.4, -0.2) is 21.7 Å². The van der Waals surface area contributed by atoms with E-state index in [0.717, 1.165) is 15.6 Å². The molecule has 4 heteroatoms.